The molecule has 2 nitrogen and oxygen atoms in total. The molecule has 1 aliphatic rings. The van der Waals surface area contributed by atoms with Crippen LogP contribution in [0, 0.1) is 20.8 Å². The molecule has 0 fully saturated rings. The molecule has 0 saturated carbocycles. The van der Waals surface area contributed by atoms with E-state index in [1.807, 2.05) is 25.1 Å². The van der Waals surface area contributed by atoms with Gasteiger partial charge in [-0.3, -0.25) is 0 Å². The van der Waals surface area contributed by atoms with Gasteiger partial charge in [0.05, 0.1) is 7.11 Å². The molecule has 0 bridgehead atoms. The standard InChI is InChI=1S/C23H22O2/c1-14-11-17-12-18(21-10-9-15(2)25-21)13-20(17)23(16(14)3)19-7-5-6-8-22(19)24-4/h5-11,13H,12H2,1-4H3. The summed E-state index contributed by atoms with van der Waals surface area (Å²) in [7, 11) is 1.73. The molecule has 2 aromatic carbocycles. The van der Waals surface area contributed by atoms with Crippen LogP contribution in [0.5, 0.6) is 5.75 Å². The number of fused-ring (bicyclic) bond motifs is 1. The van der Waals surface area contributed by atoms with Crippen molar-refractivity contribution in [3.63, 3.8) is 0 Å². The summed E-state index contributed by atoms with van der Waals surface area (Å²) in [5.74, 6) is 2.83. The first-order valence-corrected chi connectivity index (χ1v) is 8.62. The number of furan rings is 1. The van der Waals surface area contributed by atoms with E-state index in [9.17, 15) is 0 Å². The van der Waals surface area contributed by atoms with Crippen molar-refractivity contribution in [2.75, 3.05) is 7.11 Å². The van der Waals surface area contributed by atoms with Crippen molar-refractivity contribution in [3.05, 3.63) is 76.2 Å². The zero-order valence-corrected chi connectivity index (χ0v) is 15.1. The molecule has 1 aromatic heterocycles. The Morgan fingerprint density at radius 3 is 2.52 bits per heavy atom. The summed E-state index contributed by atoms with van der Waals surface area (Å²) in [5.41, 5.74) is 8.91. The van der Waals surface area contributed by atoms with Crippen LogP contribution in [0.15, 0.2) is 46.9 Å². The van der Waals surface area contributed by atoms with Crippen LogP contribution in [0.2, 0.25) is 0 Å². The second-order valence-electron chi connectivity index (χ2n) is 6.72. The van der Waals surface area contributed by atoms with E-state index in [-0.39, 0.29) is 0 Å². The molecule has 0 spiro atoms. The van der Waals surface area contributed by atoms with E-state index in [2.05, 4.69) is 44.2 Å². The average molecular weight is 330 g/mol. The van der Waals surface area contributed by atoms with Crippen LogP contribution in [0.4, 0.5) is 0 Å². The van der Waals surface area contributed by atoms with Gasteiger partial charge in [-0.2, -0.15) is 0 Å². The van der Waals surface area contributed by atoms with Gasteiger partial charge in [0, 0.05) is 12.0 Å². The summed E-state index contributed by atoms with van der Waals surface area (Å²) in [6.07, 6.45) is 3.19. The van der Waals surface area contributed by atoms with E-state index < -0.39 is 0 Å². The van der Waals surface area contributed by atoms with Crippen LogP contribution >= 0.6 is 0 Å². The second-order valence-corrected chi connectivity index (χ2v) is 6.72. The third-order valence-electron chi connectivity index (χ3n) is 5.11. The summed E-state index contributed by atoms with van der Waals surface area (Å²) in [6.45, 7) is 6.37. The fourth-order valence-corrected chi connectivity index (χ4v) is 3.71. The third-order valence-corrected chi connectivity index (χ3v) is 5.11. The molecule has 126 valence electrons. The van der Waals surface area contributed by atoms with E-state index in [4.69, 9.17) is 9.15 Å². The molecule has 0 aliphatic heterocycles. The van der Waals surface area contributed by atoms with Crippen molar-refractivity contribution in [1.29, 1.82) is 0 Å². The van der Waals surface area contributed by atoms with Crippen LogP contribution in [-0.2, 0) is 6.42 Å². The summed E-state index contributed by atoms with van der Waals surface area (Å²) < 4.78 is 11.5. The number of allylic oxidation sites excluding steroid dienone is 1. The Labute approximate surface area is 148 Å². The smallest absolute Gasteiger partial charge is 0.130 e. The Morgan fingerprint density at radius 2 is 1.80 bits per heavy atom. The van der Waals surface area contributed by atoms with Crippen LogP contribution < -0.4 is 4.74 Å². The van der Waals surface area contributed by atoms with E-state index in [1.54, 1.807) is 7.11 Å². The Kier molecular flexibility index (Phi) is 3.76. The Morgan fingerprint density at radius 1 is 1.00 bits per heavy atom. The minimum Gasteiger partial charge on any atom is -0.496 e. The minimum atomic E-state index is 0.908. The maximum absolute atomic E-state index is 5.86. The minimum absolute atomic E-state index is 0.908. The number of rotatable bonds is 3. The number of ether oxygens (including phenoxy) is 1. The molecule has 0 radical (unpaired) electrons. The molecule has 1 aliphatic carbocycles. The van der Waals surface area contributed by atoms with Crippen LogP contribution in [-0.4, -0.2) is 7.11 Å². The molecule has 0 N–H and O–H groups in total. The van der Waals surface area contributed by atoms with Crippen LogP contribution in [0.3, 0.4) is 0 Å². The van der Waals surface area contributed by atoms with Gasteiger partial charge in [-0.15, -0.1) is 0 Å². The van der Waals surface area contributed by atoms with Crippen molar-refractivity contribution in [2.24, 2.45) is 0 Å². The lowest BCUT2D eigenvalue weighted by atomic mass is 9.89. The van der Waals surface area contributed by atoms with E-state index in [0.717, 1.165) is 29.3 Å². The molecular weight excluding hydrogens is 308 g/mol. The maximum Gasteiger partial charge on any atom is 0.130 e. The highest BCUT2D eigenvalue weighted by Gasteiger charge is 2.23. The van der Waals surface area contributed by atoms with Crippen molar-refractivity contribution < 1.29 is 9.15 Å². The van der Waals surface area contributed by atoms with Crippen molar-refractivity contribution in [1.82, 2.24) is 0 Å². The predicted octanol–water partition coefficient (Wildman–Crippen LogP) is 5.98. The molecule has 25 heavy (non-hydrogen) atoms. The van der Waals surface area contributed by atoms with Gasteiger partial charge < -0.3 is 9.15 Å². The van der Waals surface area contributed by atoms with E-state index in [1.165, 1.54) is 33.4 Å². The van der Waals surface area contributed by atoms with Gasteiger partial charge in [0.15, 0.2) is 0 Å². The average Bonchev–Trinajstić information content (AvgIpc) is 3.22. The normalized spacial score (nSPS) is 12.9. The van der Waals surface area contributed by atoms with E-state index in [0.29, 0.717) is 0 Å². The van der Waals surface area contributed by atoms with Gasteiger partial charge >= 0.3 is 0 Å². The maximum atomic E-state index is 5.86. The number of hydrogen-bond donors (Lipinski definition) is 0. The highest BCUT2D eigenvalue weighted by molar-refractivity contribution is 5.95. The molecule has 1 heterocycles. The van der Waals surface area contributed by atoms with Gasteiger partial charge in [-0.25, -0.2) is 0 Å². The zero-order valence-electron chi connectivity index (χ0n) is 15.1. The van der Waals surface area contributed by atoms with Gasteiger partial charge in [-0.05, 0) is 78.4 Å². The predicted molar refractivity (Wildman–Crippen MR) is 103 cm³/mol. The third kappa shape index (κ3) is 2.58. The summed E-state index contributed by atoms with van der Waals surface area (Å²) in [5, 5.41) is 0. The first kappa shape index (κ1) is 15.8. The number of aryl methyl sites for hydroxylation is 2. The number of methoxy groups -OCH3 is 1. The van der Waals surface area contributed by atoms with Gasteiger partial charge in [-0.1, -0.05) is 24.3 Å². The molecule has 0 unspecified atom stereocenters. The molecule has 0 amide bonds. The highest BCUT2D eigenvalue weighted by Crippen LogP contribution is 2.43. The fraction of sp³-hybridized carbons (Fsp3) is 0.217. The van der Waals surface area contributed by atoms with Crippen molar-refractivity contribution >= 4 is 11.6 Å². The van der Waals surface area contributed by atoms with Gasteiger partial charge in [0.25, 0.3) is 0 Å². The molecule has 2 heteroatoms. The zero-order chi connectivity index (χ0) is 17.6. The van der Waals surface area contributed by atoms with Gasteiger partial charge in [0.2, 0.25) is 0 Å². The van der Waals surface area contributed by atoms with E-state index >= 15 is 0 Å². The summed E-state index contributed by atoms with van der Waals surface area (Å²) in [6, 6.07) is 14.7. The van der Waals surface area contributed by atoms with Crippen LogP contribution in [0.25, 0.3) is 22.8 Å². The monoisotopic (exact) mass is 330 g/mol. The van der Waals surface area contributed by atoms with Crippen molar-refractivity contribution in [3.8, 4) is 16.9 Å². The molecule has 0 atom stereocenters. The second kappa shape index (κ2) is 5.96. The molecule has 4 rings (SSSR count). The van der Waals surface area contributed by atoms with Crippen LogP contribution in [0.1, 0.15) is 33.8 Å². The first-order chi connectivity index (χ1) is 12.1. The largest absolute Gasteiger partial charge is 0.496 e. The lowest BCUT2D eigenvalue weighted by Crippen LogP contribution is -1.97. The summed E-state index contributed by atoms with van der Waals surface area (Å²) >= 11 is 0. The Bertz CT molecular complexity index is 989. The topological polar surface area (TPSA) is 22.4 Å². The van der Waals surface area contributed by atoms with Crippen molar-refractivity contribution in [2.45, 2.75) is 27.2 Å². The molecule has 3 aromatic rings. The number of para-hydroxylation sites is 1. The Balaban J connectivity index is 1.93. The first-order valence-electron chi connectivity index (χ1n) is 8.62. The lowest BCUT2D eigenvalue weighted by Gasteiger charge is -2.17. The summed E-state index contributed by atoms with van der Waals surface area (Å²) in [4.78, 5) is 0. The number of hydrogen-bond acceptors (Lipinski definition) is 2. The quantitative estimate of drug-likeness (QED) is 0.589. The number of benzene rings is 2. The SMILES string of the molecule is COc1ccccc1-c1c(C)c(C)cc2c1C=C(c1ccc(C)o1)C2. The fourth-order valence-electron chi connectivity index (χ4n) is 3.71. The highest BCUT2D eigenvalue weighted by atomic mass is 16.5. The van der Waals surface area contributed by atoms with Gasteiger partial charge in [0.1, 0.15) is 17.3 Å². The molecule has 0 saturated heterocycles. The molecular formula is C23H22O2. The Hall–Kier alpha value is -2.74. The lowest BCUT2D eigenvalue weighted by molar-refractivity contribution is 0.416.